The molecule has 0 spiro atoms. The minimum atomic E-state index is 0.0737. The number of aromatic nitrogens is 2. The highest BCUT2D eigenvalue weighted by atomic mass is 16.3. The van der Waals surface area contributed by atoms with Crippen LogP contribution in [0.15, 0.2) is 12.5 Å². The van der Waals surface area contributed by atoms with Crippen molar-refractivity contribution in [2.45, 2.75) is 32.4 Å². The lowest BCUT2D eigenvalue weighted by Crippen LogP contribution is -2.27. The van der Waals surface area contributed by atoms with Gasteiger partial charge in [-0.3, -0.25) is 0 Å². The number of rotatable bonds is 4. The fourth-order valence-corrected chi connectivity index (χ4v) is 2.28. The molecule has 2 rings (SSSR count). The zero-order valence-corrected chi connectivity index (χ0v) is 9.26. The van der Waals surface area contributed by atoms with Crippen LogP contribution in [0.5, 0.6) is 0 Å². The summed E-state index contributed by atoms with van der Waals surface area (Å²) in [5, 5.41) is 9.14. The number of nitrogens with zero attached hydrogens (tertiary/aromatic N) is 3. The summed E-state index contributed by atoms with van der Waals surface area (Å²) >= 11 is 0. The van der Waals surface area contributed by atoms with E-state index in [0.717, 1.165) is 12.2 Å². The van der Waals surface area contributed by atoms with Crippen LogP contribution in [-0.2, 0) is 6.61 Å². The number of aliphatic hydroxyl groups is 1. The number of aliphatic hydroxyl groups excluding tert-OH is 1. The van der Waals surface area contributed by atoms with Crippen LogP contribution >= 0.6 is 0 Å². The standard InChI is InChI=1S/C11H19N3O/c1-10(7-13-4-2-3-5-13)14-9-12-6-11(14)8-15/h6,9-10,15H,2-5,7-8H2,1H3. The van der Waals surface area contributed by atoms with Gasteiger partial charge in [-0.1, -0.05) is 0 Å². The van der Waals surface area contributed by atoms with Gasteiger partial charge in [0.1, 0.15) is 0 Å². The summed E-state index contributed by atoms with van der Waals surface area (Å²) in [5.74, 6) is 0. The molecular weight excluding hydrogens is 190 g/mol. The van der Waals surface area contributed by atoms with Crippen LogP contribution in [0.25, 0.3) is 0 Å². The van der Waals surface area contributed by atoms with E-state index >= 15 is 0 Å². The fraction of sp³-hybridized carbons (Fsp3) is 0.727. The van der Waals surface area contributed by atoms with Crippen LogP contribution in [0.3, 0.4) is 0 Å². The Bertz CT molecular complexity index is 305. The van der Waals surface area contributed by atoms with Crippen LogP contribution in [-0.4, -0.2) is 39.2 Å². The van der Waals surface area contributed by atoms with E-state index < -0.39 is 0 Å². The van der Waals surface area contributed by atoms with E-state index in [1.807, 2.05) is 6.33 Å². The molecule has 0 amide bonds. The van der Waals surface area contributed by atoms with Gasteiger partial charge < -0.3 is 14.6 Å². The fourth-order valence-electron chi connectivity index (χ4n) is 2.28. The second kappa shape index (κ2) is 4.77. The highest BCUT2D eigenvalue weighted by Crippen LogP contribution is 2.15. The van der Waals surface area contributed by atoms with Gasteiger partial charge >= 0.3 is 0 Å². The molecular formula is C11H19N3O. The minimum Gasteiger partial charge on any atom is -0.390 e. The van der Waals surface area contributed by atoms with Crippen LogP contribution in [0.2, 0.25) is 0 Å². The molecule has 0 aromatic carbocycles. The Morgan fingerprint density at radius 2 is 2.20 bits per heavy atom. The van der Waals surface area contributed by atoms with E-state index in [4.69, 9.17) is 5.11 Å². The van der Waals surface area contributed by atoms with Crippen molar-refractivity contribution < 1.29 is 5.11 Å². The van der Waals surface area contributed by atoms with E-state index in [9.17, 15) is 0 Å². The minimum absolute atomic E-state index is 0.0737. The largest absolute Gasteiger partial charge is 0.390 e. The first-order chi connectivity index (χ1) is 7.31. The molecule has 1 fully saturated rings. The Kier molecular flexibility index (Phi) is 3.38. The lowest BCUT2D eigenvalue weighted by Gasteiger charge is -2.22. The summed E-state index contributed by atoms with van der Waals surface area (Å²) in [6.45, 7) is 5.74. The van der Waals surface area contributed by atoms with E-state index in [-0.39, 0.29) is 6.61 Å². The summed E-state index contributed by atoms with van der Waals surface area (Å²) in [6, 6.07) is 0.396. The topological polar surface area (TPSA) is 41.3 Å². The number of hydrogen-bond donors (Lipinski definition) is 1. The molecule has 1 unspecified atom stereocenters. The highest BCUT2D eigenvalue weighted by Gasteiger charge is 2.16. The molecule has 2 heterocycles. The second-order valence-corrected chi connectivity index (χ2v) is 4.31. The quantitative estimate of drug-likeness (QED) is 0.805. The zero-order chi connectivity index (χ0) is 10.7. The summed E-state index contributed by atoms with van der Waals surface area (Å²) in [6.07, 6.45) is 6.19. The van der Waals surface area contributed by atoms with E-state index in [1.165, 1.54) is 25.9 Å². The van der Waals surface area contributed by atoms with Gasteiger partial charge in [-0.25, -0.2) is 4.98 Å². The first kappa shape index (κ1) is 10.6. The Morgan fingerprint density at radius 1 is 1.47 bits per heavy atom. The average Bonchev–Trinajstić information content (AvgIpc) is 2.86. The zero-order valence-electron chi connectivity index (χ0n) is 9.26. The van der Waals surface area contributed by atoms with E-state index in [2.05, 4.69) is 21.4 Å². The summed E-state index contributed by atoms with van der Waals surface area (Å²) < 4.78 is 2.07. The van der Waals surface area contributed by atoms with Gasteiger partial charge in [0.15, 0.2) is 0 Å². The van der Waals surface area contributed by atoms with Crippen LogP contribution in [0.4, 0.5) is 0 Å². The van der Waals surface area contributed by atoms with E-state index in [1.54, 1.807) is 6.20 Å². The first-order valence-electron chi connectivity index (χ1n) is 5.65. The molecule has 0 radical (unpaired) electrons. The lowest BCUT2D eigenvalue weighted by molar-refractivity contribution is 0.250. The van der Waals surface area contributed by atoms with Gasteiger partial charge in [-0.2, -0.15) is 0 Å². The van der Waals surface area contributed by atoms with Crippen LogP contribution in [0, 0.1) is 0 Å². The van der Waals surface area contributed by atoms with Gasteiger partial charge in [-0.05, 0) is 32.9 Å². The van der Waals surface area contributed by atoms with Crippen molar-refractivity contribution in [1.29, 1.82) is 0 Å². The Morgan fingerprint density at radius 3 is 2.87 bits per heavy atom. The molecule has 1 atom stereocenters. The molecule has 1 aromatic rings. The molecule has 0 bridgehead atoms. The van der Waals surface area contributed by atoms with Crippen molar-refractivity contribution in [1.82, 2.24) is 14.5 Å². The molecule has 0 aliphatic carbocycles. The Balaban J connectivity index is 1.97. The van der Waals surface area contributed by atoms with Gasteiger partial charge in [-0.15, -0.1) is 0 Å². The smallest absolute Gasteiger partial charge is 0.0951 e. The summed E-state index contributed by atoms with van der Waals surface area (Å²) in [4.78, 5) is 6.55. The third-order valence-electron chi connectivity index (χ3n) is 3.10. The Hall–Kier alpha value is -0.870. The van der Waals surface area contributed by atoms with E-state index in [0.29, 0.717) is 6.04 Å². The molecule has 1 aliphatic rings. The predicted octanol–water partition coefficient (Wildman–Crippen LogP) is 1.03. The molecule has 4 nitrogen and oxygen atoms in total. The predicted molar refractivity (Wildman–Crippen MR) is 58.5 cm³/mol. The molecule has 0 saturated carbocycles. The van der Waals surface area contributed by atoms with Gasteiger partial charge in [0.2, 0.25) is 0 Å². The molecule has 84 valence electrons. The third-order valence-corrected chi connectivity index (χ3v) is 3.10. The molecule has 1 saturated heterocycles. The van der Waals surface area contributed by atoms with Crippen molar-refractivity contribution in [3.8, 4) is 0 Å². The van der Waals surface area contributed by atoms with Crippen molar-refractivity contribution in [3.63, 3.8) is 0 Å². The van der Waals surface area contributed by atoms with Crippen molar-refractivity contribution in [2.75, 3.05) is 19.6 Å². The third kappa shape index (κ3) is 2.38. The van der Waals surface area contributed by atoms with Crippen molar-refractivity contribution >= 4 is 0 Å². The molecule has 1 N–H and O–H groups in total. The van der Waals surface area contributed by atoms with Crippen LogP contribution in [0.1, 0.15) is 31.5 Å². The van der Waals surface area contributed by atoms with Gasteiger partial charge in [0.05, 0.1) is 24.8 Å². The Labute approximate surface area is 90.5 Å². The highest BCUT2D eigenvalue weighted by molar-refractivity contribution is 4.98. The molecule has 15 heavy (non-hydrogen) atoms. The monoisotopic (exact) mass is 209 g/mol. The summed E-state index contributed by atoms with van der Waals surface area (Å²) in [7, 11) is 0. The number of imidazole rings is 1. The molecule has 1 aromatic heterocycles. The summed E-state index contributed by atoms with van der Waals surface area (Å²) in [5.41, 5.74) is 0.904. The number of likely N-dealkylation sites (tertiary alicyclic amines) is 1. The lowest BCUT2D eigenvalue weighted by atomic mass is 10.3. The maximum Gasteiger partial charge on any atom is 0.0951 e. The normalized spacial score (nSPS) is 19.6. The van der Waals surface area contributed by atoms with Crippen molar-refractivity contribution in [3.05, 3.63) is 18.2 Å². The van der Waals surface area contributed by atoms with Crippen molar-refractivity contribution in [2.24, 2.45) is 0 Å². The van der Waals surface area contributed by atoms with Crippen LogP contribution < -0.4 is 0 Å². The van der Waals surface area contributed by atoms with Gasteiger partial charge in [0, 0.05) is 12.6 Å². The SMILES string of the molecule is CC(CN1CCCC1)n1cncc1CO. The average molecular weight is 209 g/mol. The maximum atomic E-state index is 9.14. The second-order valence-electron chi connectivity index (χ2n) is 4.31. The molecule has 4 heteroatoms. The number of hydrogen-bond acceptors (Lipinski definition) is 3. The first-order valence-corrected chi connectivity index (χ1v) is 5.65. The van der Waals surface area contributed by atoms with Gasteiger partial charge in [0.25, 0.3) is 0 Å². The maximum absolute atomic E-state index is 9.14. The molecule has 1 aliphatic heterocycles.